The second kappa shape index (κ2) is 17.5. The van der Waals surface area contributed by atoms with Gasteiger partial charge >= 0.3 is 24.8 Å². The van der Waals surface area contributed by atoms with Gasteiger partial charge in [0.2, 0.25) is 20.0 Å². The summed E-state index contributed by atoms with van der Waals surface area (Å²) in [5, 5.41) is 9.77. The van der Waals surface area contributed by atoms with Crippen molar-refractivity contribution in [1.82, 2.24) is 9.44 Å². The summed E-state index contributed by atoms with van der Waals surface area (Å²) >= 11 is 0. The van der Waals surface area contributed by atoms with Crippen molar-refractivity contribution in [2.75, 3.05) is 0 Å². The number of carbonyl (C=O) groups is 4. The first-order chi connectivity index (χ1) is 27.0. The molecule has 0 amide bonds. The number of benzene rings is 2. The fourth-order valence-electron chi connectivity index (χ4n) is 12.7. The van der Waals surface area contributed by atoms with Crippen molar-refractivity contribution in [3.05, 3.63) is 60.7 Å². The molecule has 0 spiro atoms. The van der Waals surface area contributed by atoms with E-state index in [-0.39, 0.29) is 74.8 Å². The van der Waals surface area contributed by atoms with Gasteiger partial charge in [0.25, 0.3) is 0 Å². The van der Waals surface area contributed by atoms with Crippen LogP contribution < -0.4 is 28.3 Å². The summed E-state index contributed by atoms with van der Waals surface area (Å²) in [6, 6.07) is 16.2. The summed E-state index contributed by atoms with van der Waals surface area (Å²) in [6.45, 7) is 8.27. The number of sulfonamides is 2. The minimum atomic E-state index is -3.79. The molecular formula is C45H61LiN2O10S2. The molecule has 324 valence electrons. The van der Waals surface area contributed by atoms with E-state index < -0.39 is 42.5 Å². The van der Waals surface area contributed by atoms with Crippen molar-refractivity contribution in [3.63, 3.8) is 0 Å². The van der Waals surface area contributed by atoms with Gasteiger partial charge in [-0.3, -0.25) is 19.2 Å². The van der Waals surface area contributed by atoms with Crippen molar-refractivity contribution >= 4 is 43.4 Å². The predicted octanol–water partition coefficient (Wildman–Crippen LogP) is 3.79. The van der Waals surface area contributed by atoms with E-state index in [0.29, 0.717) is 55.1 Å². The Morgan fingerprint density at radius 3 is 1.23 bits per heavy atom. The minimum absolute atomic E-state index is 0. The zero-order valence-electron chi connectivity index (χ0n) is 35.9. The van der Waals surface area contributed by atoms with Crippen LogP contribution >= 0.6 is 0 Å². The Morgan fingerprint density at radius 1 is 0.600 bits per heavy atom. The Labute approximate surface area is 367 Å². The Kier molecular flexibility index (Phi) is 14.1. The number of rotatable bonds is 14. The molecule has 4 atom stereocenters. The largest absolute Gasteiger partial charge is 1.00 e. The first kappa shape index (κ1) is 48.3. The molecule has 8 bridgehead atoms. The van der Waals surface area contributed by atoms with Gasteiger partial charge in [-0.2, -0.15) is 9.44 Å². The third-order valence-electron chi connectivity index (χ3n) is 15.3. The Balaban J connectivity index is 0.000000220. The SMILES string of the molecule is CC(=O)C12CC3CC(C1)C(CC(=O)C(C)(C)NS(=O)(=O)c1ccccc1)C(C3)C2.CC(C)(NS(=O)(=O)c1ccccc1)C(=O)CC1C2CC3CC1CC(C(=O)O)(C3)C2.[Li+].[OH-]. The van der Waals surface area contributed by atoms with Crippen LogP contribution in [0.25, 0.3) is 0 Å². The van der Waals surface area contributed by atoms with Crippen LogP contribution in [0.2, 0.25) is 0 Å². The molecule has 2 aromatic carbocycles. The molecule has 0 aromatic heterocycles. The Bertz CT molecular complexity index is 1980. The maximum atomic E-state index is 13.2. The predicted molar refractivity (Wildman–Crippen MR) is 220 cm³/mol. The molecule has 0 radical (unpaired) electrons. The number of aliphatic carboxylic acids is 1. The van der Waals surface area contributed by atoms with Crippen molar-refractivity contribution in [3.8, 4) is 0 Å². The minimum Gasteiger partial charge on any atom is -0.870 e. The Hall–Kier alpha value is -2.70. The average Bonchev–Trinajstić information content (AvgIpc) is 3.14. The second-order valence-electron chi connectivity index (χ2n) is 20.0. The summed E-state index contributed by atoms with van der Waals surface area (Å²) in [7, 11) is -7.55. The van der Waals surface area contributed by atoms with Crippen molar-refractivity contribution < 1.29 is 65.5 Å². The first-order valence-corrected chi connectivity index (χ1v) is 24.0. The number of carboxylic acid groups (broad SMARTS) is 1. The van der Waals surface area contributed by atoms with Gasteiger partial charge in [0.1, 0.15) is 5.78 Å². The fraction of sp³-hybridized carbons (Fsp3) is 0.644. The van der Waals surface area contributed by atoms with Crippen LogP contribution in [0, 0.1) is 58.2 Å². The first-order valence-electron chi connectivity index (χ1n) is 21.0. The monoisotopic (exact) mass is 860 g/mol. The van der Waals surface area contributed by atoms with E-state index in [4.69, 9.17) is 0 Å². The van der Waals surface area contributed by atoms with E-state index in [2.05, 4.69) is 9.44 Å². The number of hydrogen-bond acceptors (Lipinski definition) is 9. The molecular weight excluding hydrogens is 800 g/mol. The molecule has 8 fully saturated rings. The molecule has 0 heterocycles. The van der Waals surface area contributed by atoms with Gasteiger partial charge in [0, 0.05) is 18.3 Å². The molecule has 10 rings (SSSR count). The van der Waals surface area contributed by atoms with Crippen LogP contribution in [-0.2, 0) is 39.2 Å². The number of carbonyl (C=O) groups excluding carboxylic acids is 3. The van der Waals surface area contributed by atoms with Crippen molar-refractivity contribution in [1.29, 1.82) is 0 Å². The van der Waals surface area contributed by atoms with Gasteiger partial charge in [0.05, 0.1) is 26.3 Å². The molecule has 12 nitrogen and oxygen atoms in total. The quantitative estimate of drug-likeness (QED) is 0.234. The van der Waals surface area contributed by atoms with Gasteiger partial charge in [-0.1, -0.05) is 36.4 Å². The van der Waals surface area contributed by atoms with Gasteiger partial charge in [-0.15, -0.1) is 0 Å². The smallest absolute Gasteiger partial charge is 0.870 e. The molecule has 8 aliphatic carbocycles. The van der Waals surface area contributed by atoms with Crippen LogP contribution in [0.1, 0.15) is 112 Å². The van der Waals surface area contributed by atoms with Crippen LogP contribution in [0.3, 0.4) is 0 Å². The molecule has 8 saturated carbocycles. The molecule has 2 aromatic rings. The number of carboxylic acids is 1. The average molecular weight is 861 g/mol. The third kappa shape index (κ3) is 9.46. The van der Waals surface area contributed by atoms with E-state index in [1.165, 1.54) is 24.3 Å². The van der Waals surface area contributed by atoms with E-state index in [0.717, 1.165) is 51.4 Å². The molecule has 4 N–H and O–H groups in total. The Morgan fingerprint density at radius 2 is 0.917 bits per heavy atom. The zero-order valence-corrected chi connectivity index (χ0v) is 37.5. The van der Waals surface area contributed by atoms with Gasteiger partial charge in [-0.05, 0) is 170 Å². The van der Waals surface area contributed by atoms with Crippen LogP contribution in [0.15, 0.2) is 70.5 Å². The van der Waals surface area contributed by atoms with E-state index in [1.807, 2.05) is 0 Å². The van der Waals surface area contributed by atoms with Crippen LogP contribution in [0.4, 0.5) is 0 Å². The molecule has 8 aliphatic rings. The summed E-state index contributed by atoms with van der Waals surface area (Å²) < 4.78 is 56.0. The second-order valence-corrected chi connectivity index (χ2v) is 23.4. The van der Waals surface area contributed by atoms with Crippen molar-refractivity contribution in [2.45, 2.75) is 133 Å². The molecule has 60 heavy (non-hydrogen) atoms. The summed E-state index contributed by atoms with van der Waals surface area (Å²) in [4.78, 5) is 50.8. The molecule has 0 aliphatic heterocycles. The standard InChI is InChI=1S/C23H31NO4S.C22H29NO5S.Li.H2O/c1-15(25)23-12-16-9-17(13-23)20(18(10-16)14-23)11-21(26)22(2,3)24-29(27,28)19-7-5-4-6-8-19;1-21(2,23-29(27,28)17-6-4-3-5-7-17)19(24)10-18-15-8-14-9-16(18)13-22(11-14,12-15)20(25)26;;/h4-8,16-18,20,24H,9-14H2,1-3H3;3-7,14-16,18,23H,8-13H2,1-2H3,(H,25,26);;1H2/q;;+1;/p-1. The number of Topliss-reactive ketones (excluding diaryl/α,β-unsaturated/α-hetero) is 3. The topological polar surface area (TPSA) is 211 Å². The summed E-state index contributed by atoms with van der Waals surface area (Å²) in [5.74, 6) is 2.28. The fourth-order valence-corrected chi connectivity index (χ4v) is 15.5. The number of hydrogen-bond donors (Lipinski definition) is 3. The van der Waals surface area contributed by atoms with E-state index in [1.54, 1.807) is 71.0 Å². The van der Waals surface area contributed by atoms with Crippen LogP contribution in [0.5, 0.6) is 0 Å². The van der Waals surface area contributed by atoms with Gasteiger partial charge in [-0.25, -0.2) is 16.8 Å². The normalized spacial score (nSPS) is 32.5. The summed E-state index contributed by atoms with van der Waals surface area (Å²) in [5.41, 5.74) is -3.13. The third-order valence-corrected chi connectivity index (χ3v) is 18.6. The van der Waals surface area contributed by atoms with E-state index in [9.17, 15) is 41.1 Å². The molecule has 4 unspecified atom stereocenters. The summed E-state index contributed by atoms with van der Waals surface area (Å²) in [6.07, 6.45) is 9.84. The maximum absolute atomic E-state index is 13.2. The number of ketones is 3. The van der Waals surface area contributed by atoms with E-state index >= 15 is 0 Å². The zero-order chi connectivity index (χ0) is 42.1. The van der Waals surface area contributed by atoms with Crippen molar-refractivity contribution in [2.24, 2.45) is 58.2 Å². The maximum Gasteiger partial charge on any atom is 1.00 e. The number of nitrogens with one attached hydrogen (secondary N) is 2. The molecule has 15 heteroatoms. The molecule has 0 saturated heterocycles. The van der Waals surface area contributed by atoms with Gasteiger partial charge in [0.15, 0.2) is 11.6 Å². The van der Waals surface area contributed by atoms with Crippen LogP contribution in [-0.4, -0.2) is 61.8 Å². The van der Waals surface area contributed by atoms with Gasteiger partial charge < -0.3 is 10.6 Å².